The van der Waals surface area contributed by atoms with Crippen molar-refractivity contribution in [3.05, 3.63) is 50.8 Å². The number of anilines is 3. The Bertz CT molecular complexity index is 543. The van der Waals surface area contributed by atoms with Crippen molar-refractivity contribution in [1.82, 2.24) is 0 Å². The van der Waals surface area contributed by atoms with Crippen LogP contribution in [0.15, 0.2) is 36.4 Å². The Morgan fingerprint density at radius 1 is 1.18 bits per heavy atom. The first-order chi connectivity index (χ1) is 8.06. The molecule has 0 saturated heterocycles. The van der Waals surface area contributed by atoms with E-state index in [-0.39, 0.29) is 5.02 Å². The van der Waals surface area contributed by atoms with Gasteiger partial charge in [0.2, 0.25) is 0 Å². The van der Waals surface area contributed by atoms with Gasteiger partial charge in [-0.15, -0.1) is 0 Å². The molecule has 0 spiro atoms. The Labute approximate surface area is 117 Å². The molecule has 0 saturated carbocycles. The SMILES string of the molecule is Nc1cc(Cl)c(F)cc1Nc1ccc(I)cc1. The maximum atomic E-state index is 13.3. The highest BCUT2D eigenvalue weighted by Crippen LogP contribution is 2.28. The van der Waals surface area contributed by atoms with Crippen LogP contribution in [0.1, 0.15) is 0 Å². The van der Waals surface area contributed by atoms with E-state index in [0.717, 1.165) is 9.26 Å². The molecule has 0 unspecified atom stereocenters. The third kappa shape index (κ3) is 3.01. The van der Waals surface area contributed by atoms with Crippen LogP contribution in [0, 0.1) is 9.39 Å². The van der Waals surface area contributed by atoms with E-state index in [1.165, 1.54) is 12.1 Å². The second-order valence-corrected chi connectivity index (χ2v) is 5.14. The van der Waals surface area contributed by atoms with E-state index < -0.39 is 5.82 Å². The van der Waals surface area contributed by atoms with Crippen LogP contribution in [0.5, 0.6) is 0 Å². The van der Waals surface area contributed by atoms with Crippen molar-refractivity contribution in [1.29, 1.82) is 0 Å². The van der Waals surface area contributed by atoms with E-state index in [0.29, 0.717) is 11.4 Å². The summed E-state index contributed by atoms with van der Waals surface area (Å²) in [5.41, 5.74) is 7.52. The minimum atomic E-state index is -0.492. The molecule has 0 heterocycles. The van der Waals surface area contributed by atoms with Gasteiger partial charge in [-0.25, -0.2) is 4.39 Å². The zero-order chi connectivity index (χ0) is 12.4. The van der Waals surface area contributed by atoms with Crippen LogP contribution < -0.4 is 11.1 Å². The van der Waals surface area contributed by atoms with Crippen molar-refractivity contribution in [2.75, 3.05) is 11.1 Å². The number of nitrogens with two attached hydrogens (primary N) is 1. The van der Waals surface area contributed by atoms with Crippen LogP contribution >= 0.6 is 34.2 Å². The Kier molecular flexibility index (Phi) is 3.73. The Balaban J connectivity index is 2.30. The van der Waals surface area contributed by atoms with Crippen molar-refractivity contribution in [3.63, 3.8) is 0 Å². The molecule has 0 aliphatic heterocycles. The van der Waals surface area contributed by atoms with Gasteiger partial charge in [0.05, 0.1) is 16.4 Å². The van der Waals surface area contributed by atoms with Crippen molar-refractivity contribution in [2.24, 2.45) is 0 Å². The maximum Gasteiger partial charge on any atom is 0.144 e. The van der Waals surface area contributed by atoms with Gasteiger partial charge in [-0.1, -0.05) is 11.6 Å². The van der Waals surface area contributed by atoms with Gasteiger partial charge >= 0.3 is 0 Å². The van der Waals surface area contributed by atoms with Crippen LogP contribution in [-0.2, 0) is 0 Å². The maximum absolute atomic E-state index is 13.3. The summed E-state index contributed by atoms with van der Waals surface area (Å²) >= 11 is 7.84. The van der Waals surface area contributed by atoms with Crippen molar-refractivity contribution in [3.8, 4) is 0 Å². The van der Waals surface area contributed by atoms with Gasteiger partial charge in [0, 0.05) is 15.3 Å². The van der Waals surface area contributed by atoms with Gasteiger partial charge in [-0.05, 0) is 52.9 Å². The molecule has 0 aliphatic carbocycles. The van der Waals surface area contributed by atoms with E-state index in [1.807, 2.05) is 24.3 Å². The van der Waals surface area contributed by atoms with Crippen molar-refractivity contribution < 1.29 is 4.39 Å². The number of hydrogen-bond donors (Lipinski definition) is 2. The molecule has 0 aliphatic rings. The molecule has 2 aromatic rings. The number of hydrogen-bond acceptors (Lipinski definition) is 2. The fourth-order valence-corrected chi connectivity index (χ4v) is 1.89. The molecule has 0 amide bonds. The lowest BCUT2D eigenvalue weighted by Crippen LogP contribution is -1.97. The number of halogens is 3. The lowest BCUT2D eigenvalue weighted by Gasteiger charge is -2.10. The molecule has 0 radical (unpaired) electrons. The normalized spacial score (nSPS) is 10.3. The van der Waals surface area contributed by atoms with Crippen LogP contribution in [0.2, 0.25) is 5.02 Å². The zero-order valence-electron chi connectivity index (χ0n) is 8.68. The molecule has 2 nitrogen and oxygen atoms in total. The number of benzene rings is 2. The molecule has 2 aromatic carbocycles. The minimum absolute atomic E-state index is 0.0238. The van der Waals surface area contributed by atoms with Crippen molar-refractivity contribution in [2.45, 2.75) is 0 Å². The summed E-state index contributed by atoms with van der Waals surface area (Å²) in [7, 11) is 0. The van der Waals surface area contributed by atoms with Gasteiger partial charge in [0.25, 0.3) is 0 Å². The summed E-state index contributed by atoms with van der Waals surface area (Å²) in [5, 5.41) is 3.06. The average Bonchev–Trinajstić information content (AvgIpc) is 2.29. The lowest BCUT2D eigenvalue weighted by atomic mass is 10.2. The lowest BCUT2D eigenvalue weighted by molar-refractivity contribution is 0.629. The highest BCUT2D eigenvalue weighted by atomic mass is 127. The molecular weight excluding hydrogens is 354 g/mol. The Morgan fingerprint density at radius 3 is 2.47 bits per heavy atom. The predicted octanol–water partition coefficient (Wildman–Crippen LogP) is 4.41. The topological polar surface area (TPSA) is 38.0 Å². The minimum Gasteiger partial charge on any atom is -0.397 e. The fraction of sp³-hybridized carbons (Fsp3) is 0. The van der Waals surface area contributed by atoms with Gasteiger partial charge in [0.1, 0.15) is 5.82 Å². The number of nitrogen functional groups attached to an aromatic ring is 1. The molecule has 88 valence electrons. The summed E-state index contributed by atoms with van der Waals surface area (Å²) in [6.45, 7) is 0. The molecule has 2 rings (SSSR count). The Hall–Kier alpha value is -1.01. The first kappa shape index (κ1) is 12.4. The summed E-state index contributed by atoms with van der Waals surface area (Å²) in [5.74, 6) is -0.492. The molecule has 5 heteroatoms. The first-order valence-electron chi connectivity index (χ1n) is 4.83. The largest absolute Gasteiger partial charge is 0.397 e. The van der Waals surface area contributed by atoms with E-state index >= 15 is 0 Å². The summed E-state index contributed by atoms with van der Waals surface area (Å²) in [6, 6.07) is 10.4. The number of rotatable bonds is 2. The van der Waals surface area contributed by atoms with E-state index in [2.05, 4.69) is 27.9 Å². The Morgan fingerprint density at radius 2 is 1.82 bits per heavy atom. The second kappa shape index (κ2) is 5.10. The smallest absolute Gasteiger partial charge is 0.144 e. The van der Waals surface area contributed by atoms with E-state index in [1.54, 1.807) is 0 Å². The third-order valence-electron chi connectivity index (χ3n) is 2.22. The van der Waals surface area contributed by atoms with Gasteiger partial charge in [-0.3, -0.25) is 0 Å². The van der Waals surface area contributed by atoms with Gasteiger partial charge in [-0.2, -0.15) is 0 Å². The highest BCUT2D eigenvalue weighted by Gasteiger charge is 2.06. The first-order valence-corrected chi connectivity index (χ1v) is 6.29. The van der Waals surface area contributed by atoms with E-state index in [4.69, 9.17) is 17.3 Å². The second-order valence-electron chi connectivity index (χ2n) is 3.49. The standard InChI is InChI=1S/C12H9ClFIN2/c13-9-5-11(16)12(6-10(9)14)17-8-3-1-7(15)2-4-8/h1-6,17H,16H2. The van der Waals surface area contributed by atoms with Crippen LogP contribution in [0.25, 0.3) is 0 Å². The van der Waals surface area contributed by atoms with Gasteiger partial charge in [0.15, 0.2) is 0 Å². The fourth-order valence-electron chi connectivity index (χ4n) is 1.36. The monoisotopic (exact) mass is 362 g/mol. The van der Waals surface area contributed by atoms with Crippen LogP contribution in [-0.4, -0.2) is 0 Å². The third-order valence-corrected chi connectivity index (χ3v) is 3.22. The van der Waals surface area contributed by atoms with Crippen molar-refractivity contribution >= 4 is 51.3 Å². The molecule has 0 atom stereocenters. The molecular formula is C12H9ClFIN2. The molecule has 0 bridgehead atoms. The molecule has 17 heavy (non-hydrogen) atoms. The van der Waals surface area contributed by atoms with Crippen LogP contribution in [0.4, 0.5) is 21.5 Å². The molecule has 0 aromatic heterocycles. The molecule has 0 fully saturated rings. The molecule has 3 N–H and O–H groups in total. The summed E-state index contributed by atoms with van der Waals surface area (Å²) in [4.78, 5) is 0. The summed E-state index contributed by atoms with van der Waals surface area (Å²) < 4.78 is 14.4. The predicted molar refractivity (Wildman–Crippen MR) is 78.3 cm³/mol. The average molecular weight is 363 g/mol. The number of nitrogens with one attached hydrogen (secondary N) is 1. The summed E-state index contributed by atoms with van der Waals surface area (Å²) in [6.07, 6.45) is 0. The zero-order valence-corrected chi connectivity index (χ0v) is 11.6. The highest BCUT2D eigenvalue weighted by molar-refractivity contribution is 14.1. The van der Waals surface area contributed by atoms with Gasteiger partial charge < -0.3 is 11.1 Å². The van der Waals surface area contributed by atoms with Crippen LogP contribution in [0.3, 0.4) is 0 Å². The quantitative estimate of drug-likeness (QED) is 0.613. The van der Waals surface area contributed by atoms with E-state index in [9.17, 15) is 4.39 Å².